The van der Waals surface area contributed by atoms with Crippen LogP contribution >= 0.6 is 0 Å². The van der Waals surface area contributed by atoms with Gasteiger partial charge in [-0.3, -0.25) is 4.79 Å². The number of methoxy groups -OCH3 is 4. The van der Waals surface area contributed by atoms with Gasteiger partial charge >= 0.3 is 0 Å². The lowest BCUT2D eigenvalue weighted by atomic mass is 10.1. The normalized spacial score (nSPS) is 10.6. The van der Waals surface area contributed by atoms with Crippen molar-refractivity contribution in [3.63, 3.8) is 0 Å². The van der Waals surface area contributed by atoms with Crippen molar-refractivity contribution in [3.8, 4) is 23.0 Å². The fourth-order valence-corrected chi connectivity index (χ4v) is 2.63. The van der Waals surface area contributed by atoms with Crippen molar-refractivity contribution in [1.29, 1.82) is 0 Å². The molecule has 6 nitrogen and oxygen atoms in total. The van der Waals surface area contributed by atoms with Gasteiger partial charge in [-0.2, -0.15) is 0 Å². The number of benzene rings is 2. The molecule has 0 atom stereocenters. The zero-order valence-electron chi connectivity index (χ0n) is 16.6. The summed E-state index contributed by atoms with van der Waals surface area (Å²) < 4.78 is 34.6. The number of hydrogen-bond acceptors (Lipinski definition) is 5. The van der Waals surface area contributed by atoms with Crippen LogP contribution in [0.1, 0.15) is 11.1 Å². The molecule has 2 aromatic rings. The Bertz CT molecular complexity index is 866. The summed E-state index contributed by atoms with van der Waals surface area (Å²) in [6.45, 7) is 0.257. The van der Waals surface area contributed by atoms with Gasteiger partial charge in [-0.1, -0.05) is 6.07 Å². The predicted molar refractivity (Wildman–Crippen MR) is 105 cm³/mol. The smallest absolute Gasteiger partial charge is 0.246 e. The molecular weight excluding hydrogens is 365 g/mol. The fourth-order valence-electron chi connectivity index (χ4n) is 2.63. The van der Waals surface area contributed by atoms with Crippen molar-refractivity contribution in [2.75, 3.05) is 35.5 Å². The fraction of sp³-hybridized carbons (Fsp3) is 0.286. The maximum absolute atomic E-state index is 13.8. The number of carbonyl (C=O) groups excluding carboxylic acids is 1. The summed E-state index contributed by atoms with van der Waals surface area (Å²) in [5.74, 6) is 1.05. The average molecular weight is 389 g/mol. The highest BCUT2D eigenvalue weighted by molar-refractivity contribution is 5.92. The minimum atomic E-state index is -0.466. The van der Waals surface area contributed by atoms with Crippen LogP contribution in [0.15, 0.2) is 36.4 Å². The predicted octanol–water partition coefficient (Wildman–Crippen LogP) is 3.53. The highest BCUT2D eigenvalue weighted by atomic mass is 19.1. The number of halogens is 1. The molecule has 0 bridgehead atoms. The van der Waals surface area contributed by atoms with Crippen LogP contribution in [0.25, 0.3) is 6.08 Å². The first kappa shape index (κ1) is 21.1. The zero-order valence-corrected chi connectivity index (χ0v) is 16.6. The standard InChI is InChI=1S/C21H24FNO5/c1-23(13-14-6-8-17(25-2)16(22)10-14)21(24)9-7-15-11-19(27-4)20(28-5)12-18(15)26-3/h6-12H,13H2,1-5H3/b9-7+. The number of rotatable bonds is 8. The van der Waals surface area contributed by atoms with Crippen molar-refractivity contribution in [2.24, 2.45) is 0 Å². The third-order valence-electron chi connectivity index (χ3n) is 4.15. The quantitative estimate of drug-likeness (QED) is 0.647. The molecule has 2 rings (SSSR count). The molecule has 7 heteroatoms. The van der Waals surface area contributed by atoms with E-state index in [0.717, 1.165) is 0 Å². The van der Waals surface area contributed by atoms with E-state index >= 15 is 0 Å². The van der Waals surface area contributed by atoms with Crippen molar-refractivity contribution >= 4 is 12.0 Å². The van der Waals surface area contributed by atoms with E-state index < -0.39 is 5.82 Å². The molecule has 28 heavy (non-hydrogen) atoms. The van der Waals surface area contributed by atoms with E-state index in [-0.39, 0.29) is 18.2 Å². The monoisotopic (exact) mass is 389 g/mol. The number of nitrogens with zero attached hydrogens (tertiary/aromatic N) is 1. The van der Waals surface area contributed by atoms with E-state index in [2.05, 4.69) is 0 Å². The lowest BCUT2D eigenvalue weighted by Crippen LogP contribution is -2.24. The molecule has 0 aromatic heterocycles. The molecule has 0 saturated carbocycles. The third-order valence-corrected chi connectivity index (χ3v) is 4.15. The topological polar surface area (TPSA) is 57.2 Å². The first-order valence-corrected chi connectivity index (χ1v) is 8.49. The van der Waals surface area contributed by atoms with Gasteiger partial charge in [-0.15, -0.1) is 0 Å². The van der Waals surface area contributed by atoms with E-state index in [1.165, 1.54) is 51.5 Å². The van der Waals surface area contributed by atoms with Crippen LogP contribution in [0, 0.1) is 5.82 Å². The Kier molecular flexibility index (Phi) is 7.26. The van der Waals surface area contributed by atoms with E-state index in [0.29, 0.717) is 28.4 Å². The van der Waals surface area contributed by atoms with Gasteiger partial charge in [0, 0.05) is 31.3 Å². The van der Waals surface area contributed by atoms with Gasteiger partial charge in [-0.05, 0) is 29.8 Å². The van der Waals surface area contributed by atoms with Crippen LogP contribution in [0.4, 0.5) is 4.39 Å². The largest absolute Gasteiger partial charge is 0.496 e. The van der Waals surface area contributed by atoms with Gasteiger partial charge in [-0.25, -0.2) is 4.39 Å². The number of carbonyl (C=O) groups is 1. The Balaban J connectivity index is 2.15. The Morgan fingerprint density at radius 3 is 2.11 bits per heavy atom. The van der Waals surface area contributed by atoms with E-state index in [4.69, 9.17) is 18.9 Å². The summed E-state index contributed by atoms with van der Waals surface area (Å²) in [6.07, 6.45) is 3.05. The summed E-state index contributed by atoms with van der Waals surface area (Å²) in [6, 6.07) is 8.01. The van der Waals surface area contributed by atoms with Crippen molar-refractivity contribution in [1.82, 2.24) is 4.90 Å². The van der Waals surface area contributed by atoms with Crippen LogP contribution in [0.2, 0.25) is 0 Å². The molecular formula is C21H24FNO5. The second-order valence-corrected chi connectivity index (χ2v) is 5.95. The Labute approximate surface area is 164 Å². The zero-order chi connectivity index (χ0) is 20.7. The summed E-state index contributed by atoms with van der Waals surface area (Å²) in [7, 11) is 7.64. The third kappa shape index (κ3) is 4.94. The highest BCUT2D eigenvalue weighted by Crippen LogP contribution is 2.35. The van der Waals surface area contributed by atoms with Crippen LogP contribution < -0.4 is 18.9 Å². The summed E-state index contributed by atoms with van der Waals surface area (Å²) in [5.41, 5.74) is 1.32. The minimum Gasteiger partial charge on any atom is -0.496 e. The number of likely N-dealkylation sites (N-methyl/N-ethyl adjacent to an activating group) is 1. The molecule has 0 heterocycles. The van der Waals surface area contributed by atoms with E-state index in [1.807, 2.05) is 0 Å². The molecule has 0 radical (unpaired) electrons. The maximum Gasteiger partial charge on any atom is 0.246 e. The average Bonchev–Trinajstić information content (AvgIpc) is 2.71. The molecule has 150 valence electrons. The van der Waals surface area contributed by atoms with Crippen LogP contribution in [-0.2, 0) is 11.3 Å². The molecule has 1 amide bonds. The van der Waals surface area contributed by atoms with Crippen LogP contribution in [0.3, 0.4) is 0 Å². The molecule has 0 aliphatic carbocycles. The Morgan fingerprint density at radius 2 is 1.54 bits per heavy atom. The number of hydrogen-bond donors (Lipinski definition) is 0. The second-order valence-electron chi connectivity index (χ2n) is 5.95. The highest BCUT2D eigenvalue weighted by Gasteiger charge is 2.12. The van der Waals surface area contributed by atoms with Crippen molar-refractivity contribution in [2.45, 2.75) is 6.54 Å². The lowest BCUT2D eigenvalue weighted by Gasteiger charge is -2.16. The first-order chi connectivity index (χ1) is 13.4. The summed E-state index contributed by atoms with van der Waals surface area (Å²) in [5, 5.41) is 0. The van der Waals surface area contributed by atoms with Crippen molar-refractivity contribution in [3.05, 3.63) is 53.4 Å². The molecule has 0 unspecified atom stereocenters. The molecule has 0 fully saturated rings. The van der Waals surface area contributed by atoms with Gasteiger partial charge in [0.15, 0.2) is 23.1 Å². The van der Waals surface area contributed by atoms with Crippen LogP contribution in [-0.4, -0.2) is 46.3 Å². The Hall–Kier alpha value is -3.22. The number of ether oxygens (including phenoxy) is 4. The molecule has 0 spiro atoms. The summed E-state index contributed by atoms with van der Waals surface area (Å²) in [4.78, 5) is 13.9. The molecule has 2 aromatic carbocycles. The van der Waals surface area contributed by atoms with Gasteiger partial charge < -0.3 is 23.8 Å². The van der Waals surface area contributed by atoms with E-state index in [1.54, 1.807) is 31.3 Å². The Morgan fingerprint density at radius 1 is 0.929 bits per heavy atom. The van der Waals surface area contributed by atoms with Gasteiger partial charge in [0.2, 0.25) is 5.91 Å². The van der Waals surface area contributed by atoms with Gasteiger partial charge in [0.1, 0.15) is 5.75 Å². The lowest BCUT2D eigenvalue weighted by molar-refractivity contribution is -0.125. The second kappa shape index (κ2) is 9.64. The molecule has 0 aliphatic rings. The van der Waals surface area contributed by atoms with Crippen molar-refractivity contribution < 1.29 is 28.1 Å². The molecule has 0 saturated heterocycles. The van der Waals surface area contributed by atoms with Crippen LogP contribution in [0.5, 0.6) is 23.0 Å². The molecule has 0 N–H and O–H groups in total. The SMILES string of the molecule is COc1ccc(CN(C)C(=O)/C=C/c2cc(OC)c(OC)cc2OC)cc1F. The minimum absolute atomic E-state index is 0.165. The van der Waals surface area contributed by atoms with Gasteiger partial charge in [0.05, 0.1) is 28.4 Å². The summed E-state index contributed by atoms with van der Waals surface area (Å²) >= 11 is 0. The van der Waals surface area contributed by atoms with Gasteiger partial charge in [0.25, 0.3) is 0 Å². The maximum atomic E-state index is 13.8. The first-order valence-electron chi connectivity index (χ1n) is 8.49. The molecule has 0 aliphatic heterocycles. The number of amides is 1. The van der Waals surface area contributed by atoms with E-state index in [9.17, 15) is 9.18 Å².